The largest absolute Gasteiger partial charge is 0.456 e. The first kappa shape index (κ1) is 15.0. The average Bonchev–Trinajstić information content (AvgIpc) is 3.26. The molecule has 0 saturated heterocycles. The van der Waals surface area contributed by atoms with Crippen molar-refractivity contribution in [1.29, 1.82) is 0 Å². The molecule has 0 saturated carbocycles. The number of fused-ring (bicyclic) bond motifs is 3. The topological polar surface area (TPSA) is 26.3 Å². The Hall–Kier alpha value is -3.26. The summed E-state index contributed by atoms with van der Waals surface area (Å²) in [4.78, 5) is 0. The summed E-state index contributed by atoms with van der Waals surface area (Å²) in [5.74, 6) is 1.74. The van der Waals surface area contributed by atoms with Crippen LogP contribution in [0.25, 0.3) is 44.6 Å². The smallest absolute Gasteiger partial charge is 0.145 e. The highest BCUT2D eigenvalue weighted by atomic mass is 16.3. The third-order valence-electron chi connectivity index (χ3n) is 4.85. The van der Waals surface area contributed by atoms with Crippen molar-refractivity contribution in [2.75, 3.05) is 0 Å². The summed E-state index contributed by atoms with van der Waals surface area (Å²) in [6.45, 7) is 4.17. The lowest BCUT2D eigenvalue weighted by atomic mass is 10.1. The molecule has 5 rings (SSSR count). The van der Waals surface area contributed by atoms with Gasteiger partial charge in [-0.3, -0.25) is 0 Å². The van der Waals surface area contributed by atoms with Crippen LogP contribution in [0.4, 0.5) is 0 Å². The third-order valence-corrected chi connectivity index (χ3v) is 4.85. The van der Waals surface area contributed by atoms with Gasteiger partial charge in [-0.05, 0) is 38.1 Å². The Morgan fingerprint density at radius 3 is 1.77 bits per heavy atom. The molecule has 0 aliphatic heterocycles. The third kappa shape index (κ3) is 2.42. The van der Waals surface area contributed by atoms with Crippen molar-refractivity contribution < 1.29 is 8.83 Å². The van der Waals surface area contributed by atoms with Crippen molar-refractivity contribution >= 4 is 21.9 Å². The second-order valence-corrected chi connectivity index (χ2v) is 6.85. The molecule has 126 valence electrons. The van der Waals surface area contributed by atoms with Gasteiger partial charge in [0.05, 0.1) is 5.39 Å². The van der Waals surface area contributed by atoms with Gasteiger partial charge in [0.15, 0.2) is 0 Å². The molecular formula is C24H18O2. The van der Waals surface area contributed by atoms with Gasteiger partial charge in [-0.15, -0.1) is 0 Å². The molecule has 0 aliphatic rings. The fourth-order valence-electron chi connectivity index (χ4n) is 3.33. The molecule has 2 nitrogen and oxygen atoms in total. The molecule has 3 aromatic carbocycles. The minimum Gasteiger partial charge on any atom is -0.456 e. The molecule has 0 atom stereocenters. The molecular weight excluding hydrogens is 320 g/mol. The van der Waals surface area contributed by atoms with Crippen LogP contribution in [0, 0.1) is 13.8 Å². The van der Waals surface area contributed by atoms with E-state index in [-0.39, 0.29) is 0 Å². The number of hydrogen-bond acceptors (Lipinski definition) is 2. The van der Waals surface area contributed by atoms with E-state index in [2.05, 4.69) is 80.6 Å². The van der Waals surface area contributed by atoms with E-state index in [1.54, 1.807) is 0 Å². The van der Waals surface area contributed by atoms with Gasteiger partial charge in [0.25, 0.3) is 0 Å². The monoisotopic (exact) mass is 338 g/mol. The summed E-state index contributed by atoms with van der Waals surface area (Å²) in [5, 5.41) is 2.10. The van der Waals surface area contributed by atoms with Crippen molar-refractivity contribution in [1.82, 2.24) is 0 Å². The van der Waals surface area contributed by atoms with Crippen molar-refractivity contribution in [3.05, 3.63) is 83.9 Å². The van der Waals surface area contributed by atoms with Crippen LogP contribution in [0.3, 0.4) is 0 Å². The van der Waals surface area contributed by atoms with Crippen LogP contribution in [0.5, 0.6) is 0 Å². The van der Waals surface area contributed by atoms with E-state index < -0.39 is 0 Å². The van der Waals surface area contributed by atoms with Crippen LogP contribution in [0.1, 0.15) is 11.1 Å². The summed E-state index contributed by atoms with van der Waals surface area (Å²) < 4.78 is 12.3. The van der Waals surface area contributed by atoms with Gasteiger partial charge in [0, 0.05) is 16.5 Å². The zero-order chi connectivity index (χ0) is 17.7. The molecule has 2 aromatic heterocycles. The molecule has 0 aliphatic carbocycles. The summed E-state index contributed by atoms with van der Waals surface area (Å²) in [6, 6.07) is 25.0. The van der Waals surface area contributed by atoms with Crippen LogP contribution < -0.4 is 0 Å². The lowest BCUT2D eigenvalue weighted by Gasteiger charge is -1.96. The van der Waals surface area contributed by atoms with Crippen molar-refractivity contribution in [2.24, 2.45) is 0 Å². The highest BCUT2D eigenvalue weighted by Crippen LogP contribution is 2.36. The van der Waals surface area contributed by atoms with Crippen LogP contribution >= 0.6 is 0 Å². The molecule has 0 N–H and O–H groups in total. The first-order valence-corrected chi connectivity index (χ1v) is 8.77. The summed E-state index contributed by atoms with van der Waals surface area (Å²) >= 11 is 0. The second kappa shape index (κ2) is 5.63. The Labute approximate surface area is 151 Å². The lowest BCUT2D eigenvalue weighted by molar-refractivity contribution is 0.627. The van der Waals surface area contributed by atoms with Crippen LogP contribution in [-0.2, 0) is 0 Å². The number of aryl methyl sites for hydroxylation is 2. The predicted molar refractivity (Wildman–Crippen MR) is 106 cm³/mol. The van der Waals surface area contributed by atoms with Gasteiger partial charge < -0.3 is 8.83 Å². The van der Waals surface area contributed by atoms with E-state index in [0.717, 1.165) is 44.6 Å². The van der Waals surface area contributed by atoms with Crippen LogP contribution in [0.15, 0.2) is 81.6 Å². The van der Waals surface area contributed by atoms with Gasteiger partial charge in [0.1, 0.15) is 22.7 Å². The zero-order valence-electron chi connectivity index (χ0n) is 14.7. The van der Waals surface area contributed by atoms with E-state index in [1.807, 2.05) is 6.07 Å². The first-order chi connectivity index (χ1) is 12.7. The van der Waals surface area contributed by atoms with Gasteiger partial charge in [0.2, 0.25) is 0 Å². The molecule has 0 fully saturated rings. The first-order valence-electron chi connectivity index (χ1n) is 8.77. The lowest BCUT2D eigenvalue weighted by Crippen LogP contribution is -1.74. The summed E-state index contributed by atoms with van der Waals surface area (Å²) in [5.41, 5.74) is 6.36. The summed E-state index contributed by atoms with van der Waals surface area (Å²) in [6.07, 6.45) is 0. The fraction of sp³-hybridized carbons (Fsp3) is 0.0833. The minimum absolute atomic E-state index is 0.845. The van der Waals surface area contributed by atoms with Crippen molar-refractivity contribution in [3.8, 4) is 22.6 Å². The molecule has 2 heterocycles. The molecule has 0 spiro atoms. The van der Waals surface area contributed by atoms with E-state index >= 15 is 0 Å². The van der Waals surface area contributed by atoms with Gasteiger partial charge in [-0.25, -0.2) is 0 Å². The quantitative estimate of drug-likeness (QED) is 0.342. The molecule has 5 aromatic rings. The van der Waals surface area contributed by atoms with Crippen molar-refractivity contribution in [2.45, 2.75) is 13.8 Å². The molecule has 0 amide bonds. The molecule has 0 radical (unpaired) electrons. The van der Waals surface area contributed by atoms with Gasteiger partial charge >= 0.3 is 0 Å². The maximum atomic E-state index is 6.22. The Bertz CT molecular complexity index is 1120. The Balaban J connectivity index is 1.67. The molecule has 0 bridgehead atoms. The van der Waals surface area contributed by atoms with E-state index in [0.29, 0.717) is 0 Å². The Morgan fingerprint density at radius 1 is 0.577 bits per heavy atom. The maximum absolute atomic E-state index is 6.22. The predicted octanol–water partition coefficient (Wildman–Crippen LogP) is 7.13. The van der Waals surface area contributed by atoms with Gasteiger partial charge in [-0.2, -0.15) is 0 Å². The zero-order valence-corrected chi connectivity index (χ0v) is 14.7. The average molecular weight is 338 g/mol. The second-order valence-electron chi connectivity index (χ2n) is 6.85. The van der Waals surface area contributed by atoms with Crippen molar-refractivity contribution in [3.63, 3.8) is 0 Å². The Morgan fingerprint density at radius 2 is 1.15 bits per heavy atom. The van der Waals surface area contributed by atoms with Crippen LogP contribution in [-0.4, -0.2) is 0 Å². The number of benzene rings is 3. The summed E-state index contributed by atoms with van der Waals surface area (Å²) in [7, 11) is 0. The molecule has 0 unspecified atom stereocenters. The minimum atomic E-state index is 0.845. The highest BCUT2D eigenvalue weighted by molar-refractivity contribution is 6.05. The number of furan rings is 2. The standard InChI is InChI=1S/C24H18O2/c1-15-3-7-17(8-4-15)22-13-19-11-12-21-20(24(19)26-22)14-23(25-21)18-9-5-16(2)6-10-18/h3-14H,1-2H3. The SMILES string of the molecule is Cc1ccc(-c2cc3c(ccc4cc(-c5ccc(C)cc5)oc43)o2)cc1. The van der Waals surface area contributed by atoms with E-state index in [9.17, 15) is 0 Å². The fourth-order valence-corrected chi connectivity index (χ4v) is 3.33. The Kier molecular flexibility index (Phi) is 3.26. The van der Waals surface area contributed by atoms with E-state index in [4.69, 9.17) is 8.83 Å². The van der Waals surface area contributed by atoms with E-state index in [1.165, 1.54) is 11.1 Å². The molecule has 26 heavy (non-hydrogen) atoms. The number of rotatable bonds is 2. The van der Waals surface area contributed by atoms with Crippen LogP contribution in [0.2, 0.25) is 0 Å². The maximum Gasteiger partial charge on any atom is 0.145 e. The highest BCUT2D eigenvalue weighted by Gasteiger charge is 2.14. The normalized spacial score (nSPS) is 11.5. The number of hydrogen-bond donors (Lipinski definition) is 0. The molecule has 2 heteroatoms. The van der Waals surface area contributed by atoms with Gasteiger partial charge in [-0.1, -0.05) is 59.7 Å².